The lowest BCUT2D eigenvalue weighted by Gasteiger charge is -2.38. The van der Waals surface area contributed by atoms with Crippen molar-refractivity contribution in [2.75, 3.05) is 39.4 Å². The fourth-order valence-electron chi connectivity index (χ4n) is 4.36. The van der Waals surface area contributed by atoms with Crippen LogP contribution in [0.2, 0.25) is 0 Å². The van der Waals surface area contributed by atoms with Gasteiger partial charge in [0.15, 0.2) is 0 Å². The Morgan fingerprint density at radius 1 is 1.03 bits per heavy atom. The summed E-state index contributed by atoms with van der Waals surface area (Å²) in [5.74, 6) is -0.278. The molecule has 0 bridgehead atoms. The summed E-state index contributed by atoms with van der Waals surface area (Å²) in [5, 5.41) is 4.93. The van der Waals surface area contributed by atoms with Gasteiger partial charge in [-0.3, -0.25) is 14.4 Å². The molecule has 1 N–H and O–H groups in total. The molecule has 1 aromatic carbocycles. The fourth-order valence-corrected chi connectivity index (χ4v) is 5.06. The molecular formula is C24H29N3O4S. The van der Waals surface area contributed by atoms with Gasteiger partial charge in [0.1, 0.15) is 6.04 Å². The third kappa shape index (κ3) is 5.19. The lowest BCUT2D eigenvalue weighted by Crippen LogP contribution is -2.56. The largest absolute Gasteiger partial charge is 0.378 e. The Balaban J connectivity index is 1.47. The predicted molar refractivity (Wildman–Crippen MR) is 123 cm³/mol. The molecule has 4 rings (SSSR count). The molecule has 3 amide bonds. The van der Waals surface area contributed by atoms with Crippen LogP contribution in [0, 0.1) is 12.8 Å². The molecule has 0 spiro atoms. The van der Waals surface area contributed by atoms with E-state index in [1.54, 1.807) is 11.0 Å². The van der Waals surface area contributed by atoms with Gasteiger partial charge in [-0.25, -0.2) is 0 Å². The minimum atomic E-state index is -0.611. The summed E-state index contributed by atoms with van der Waals surface area (Å²) in [7, 11) is 0. The monoisotopic (exact) mass is 455 g/mol. The second kappa shape index (κ2) is 10.3. The zero-order valence-corrected chi connectivity index (χ0v) is 19.1. The Kier molecular flexibility index (Phi) is 7.22. The summed E-state index contributed by atoms with van der Waals surface area (Å²) in [4.78, 5) is 43.5. The van der Waals surface area contributed by atoms with Gasteiger partial charge in [0.2, 0.25) is 5.91 Å². The van der Waals surface area contributed by atoms with Crippen LogP contribution in [0.25, 0.3) is 0 Å². The smallest absolute Gasteiger partial charge is 0.263 e. The van der Waals surface area contributed by atoms with Crippen molar-refractivity contribution in [1.82, 2.24) is 15.1 Å². The van der Waals surface area contributed by atoms with Crippen LogP contribution in [0.3, 0.4) is 0 Å². The van der Waals surface area contributed by atoms with E-state index < -0.39 is 6.04 Å². The van der Waals surface area contributed by atoms with Crippen LogP contribution in [-0.4, -0.2) is 73.0 Å². The summed E-state index contributed by atoms with van der Waals surface area (Å²) in [6.07, 6.45) is 1.35. The van der Waals surface area contributed by atoms with Crippen molar-refractivity contribution in [2.45, 2.75) is 25.8 Å². The molecule has 2 saturated heterocycles. The van der Waals surface area contributed by atoms with Gasteiger partial charge in [0, 0.05) is 31.7 Å². The molecule has 2 fully saturated rings. The van der Waals surface area contributed by atoms with Crippen molar-refractivity contribution in [3.05, 3.63) is 57.8 Å². The van der Waals surface area contributed by atoms with Crippen molar-refractivity contribution in [3.63, 3.8) is 0 Å². The molecule has 2 aliphatic rings. The summed E-state index contributed by atoms with van der Waals surface area (Å²) in [6.45, 7) is 5.18. The third-order valence-electron chi connectivity index (χ3n) is 6.19. The molecule has 32 heavy (non-hydrogen) atoms. The van der Waals surface area contributed by atoms with E-state index in [4.69, 9.17) is 4.74 Å². The predicted octanol–water partition coefficient (Wildman–Crippen LogP) is 2.57. The SMILES string of the molecule is Cc1cccc(C(=O)NC(C(=O)N2CCOCC2)C2CCN(C(=O)c3cccs3)CC2)c1. The Bertz CT molecular complexity index is 948. The first kappa shape index (κ1) is 22.5. The Morgan fingerprint density at radius 2 is 1.78 bits per heavy atom. The molecule has 1 aromatic heterocycles. The maximum absolute atomic E-state index is 13.4. The third-order valence-corrected chi connectivity index (χ3v) is 7.04. The molecule has 2 aliphatic heterocycles. The topological polar surface area (TPSA) is 79.0 Å². The van der Waals surface area contributed by atoms with Crippen LogP contribution in [-0.2, 0) is 9.53 Å². The Morgan fingerprint density at radius 3 is 2.44 bits per heavy atom. The second-order valence-electron chi connectivity index (χ2n) is 8.37. The normalized spacial score (nSPS) is 18.3. The zero-order valence-electron chi connectivity index (χ0n) is 18.3. The minimum absolute atomic E-state index is 0.0218. The Hall–Kier alpha value is -2.71. The van der Waals surface area contributed by atoms with Gasteiger partial charge < -0.3 is 19.9 Å². The van der Waals surface area contributed by atoms with Crippen LogP contribution >= 0.6 is 11.3 Å². The lowest BCUT2D eigenvalue weighted by molar-refractivity contribution is -0.139. The van der Waals surface area contributed by atoms with Crippen LogP contribution in [0.1, 0.15) is 38.4 Å². The number of nitrogens with zero attached hydrogens (tertiary/aromatic N) is 2. The van der Waals surface area contributed by atoms with Crippen LogP contribution in [0.5, 0.6) is 0 Å². The molecule has 170 valence electrons. The van der Waals surface area contributed by atoms with Gasteiger partial charge in [-0.2, -0.15) is 0 Å². The number of carbonyl (C=O) groups excluding carboxylic acids is 3. The first-order chi connectivity index (χ1) is 15.5. The highest BCUT2D eigenvalue weighted by Crippen LogP contribution is 2.25. The number of likely N-dealkylation sites (tertiary alicyclic amines) is 1. The molecule has 2 aromatic rings. The maximum Gasteiger partial charge on any atom is 0.263 e. The quantitative estimate of drug-likeness (QED) is 0.752. The molecule has 1 unspecified atom stereocenters. The van der Waals surface area contributed by atoms with Gasteiger partial charge >= 0.3 is 0 Å². The number of hydrogen-bond donors (Lipinski definition) is 1. The first-order valence-electron chi connectivity index (χ1n) is 11.1. The van der Waals surface area contributed by atoms with Crippen molar-refractivity contribution < 1.29 is 19.1 Å². The number of nitrogens with one attached hydrogen (secondary N) is 1. The summed E-state index contributed by atoms with van der Waals surface area (Å²) in [5.41, 5.74) is 1.55. The number of aryl methyl sites for hydroxylation is 1. The lowest BCUT2D eigenvalue weighted by atomic mass is 9.88. The van der Waals surface area contributed by atoms with Gasteiger partial charge in [-0.05, 0) is 49.3 Å². The van der Waals surface area contributed by atoms with Gasteiger partial charge in [-0.15, -0.1) is 11.3 Å². The van der Waals surface area contributed by atoms with Crippen molar-refractivity contribution in [1.29, 1.82) is 0 Å². The van der Waals surface area contributed by atoms with Crippen LogP contribution in [0.15, 0.2) is 41.8 Å². The molecule has 3 heterocycles. The number of hydrogen-bond acceptors (Lipinski definition) is 5. The molecule has 0 radical (unpaired) electrons. The Labute approximate surface area is 192 Å². The number of rotatable bonds is 5. The fraction of sp³-hybridized carbons (Fsp3) is 0.458. The van der Waals surface area contributed by atoms with E-state index in [-0.39, 0.29) is 23.6 Å². The summed E-state index contributed by atoms with van der Waals surface area (Å²) >= 11 is 1.44. The van der Waals surface area contributed by atoms with E-state index in [0.29, 0.717) is 57.8 Å². The first-order valence-corrected chi connectivity index (χ1v) is 12.0. The van der Waals surface area contributed by atoms with E-state index in [9.17, 15) is 14.4 Å². The van der Waals surface area contributed by atoms with Crippen LogP contribution < -0.4 is 5.32 Å². The van der Waals surface area contributed by atoms with E-state index in [1.165, 1.54) is 11.3 Å². The van der Waals surface area contributed by atoms with Gasteiger partial charge in [0.25, 0.3) is 11.8 Å². The van der Waals surface area contributed by atoms with Crippen molar-refractivity contribution in [3.8, 4) is 0 Å². The molecule has 0 saturated carbocycles. The number of benzene rings is 1. The molecule has 1 atom stereocenters. The van der Waals surface area contributed by atoms with E-state index >= 15 is 0 Å². The number of ether oxygens (including phenoxy) is 1. The molecule has 7 nitrogen and oxygen atoms in total. The zero-order chi connectivity index (χ0) is 22.5. The van der Waals surface area contributed by atoms with E-state index in [2.05, 4.69) is 5.32 Å². The molecular weight excluding hydrogens is 426 g/mol. The van der Waals surface area contributed by atoms with Crippen molar-refractivity contribution >= 4 is 29.1 Å². The average Bonchev–Trinajstić information content (AvgIpc) is 3.37. The average molecular weight is 456 g/mol. The maximum atomic E-state index is 13.4. The highest BCUT2D eigenvalue weighted by atomic mass is 32.1. The second-order valence-corrected chi connectivity index (χ2v) is 9.31. The van der Waals surface area contributed by atoms with Gasteiger partial charge in [0.05, 0.1) is 18.1 Å². The highest BCUT2D eigenvalue weighted by Gasteiger charge is 2.36. The molecule has 8 heteroatoms. The van der Waals surface area contributed by atoms with E-state index in [1.807, 2.05) is 47.5 Å². The summed E-state index contributed by atoms with van der Waals surface area (Å²) < 4.78 is 5.39. The number of amides is 3. The van der Waals surface area contributed by atoms with Crippen LogP contribution in [0.4, 0.5) is 0 Å². The number of morpholine rings is 1. The summed E-state index contributed by atoms with van der Waals surface area (Å²) in [6, 6.07) is 10.5. The van der Waals surface area contributed by atoms with Gasteiger partial charge in [-0.1, -0.05) is 23.8 Å². The molecule has 0 aliphatic carbocycles. The van der Waals surface area contributed by atoms with Crippen molar-refractivity contribution in [2.24, 2.45) is 5.92 Å². The highest BCUT2D eigenvalue weighted by molar-refractivity contribution is 7.12. The number of thiophene rings is 1. The standard InChI is InChI=1S/C24H29N3O4S/c1-17-4-2-5-19(16-17)22(28)25-21(24(30)27-11-13-31-14-12-27)18-7-9-26(10-8-18)23(29)20-6-3-15-32-20/h2-6,15-16,18,21H,7-14H2,1H3,(H,25,28). The minimum Gasteiger partial charge on any atom is -0.378 e. The number of piperidine rings is 1. The number of carbonyl (C=O) groups is 3. The van der Waals surface area contributed by atoms with E-state index in [0.717, 1.165) is 10.4 Å².